The maximum Gasteiger partial charge on any atom is 0.243 e. The van der Waals surface area contributed by atoms with Gasteiger partial charge >= 0.3 is 0 Å². The Morgan fingerprint density at radius 2 is 1.54 bits per heavy atom. The number of anilines is 1. The summed E-state index contributed by atoms with van der Waals surface area (Å²) in [4.78, 5) is 33.2. The van der Waals surface area contributed by atoms with Gasteiger partial charge < -0.3 is 21.7 Å². The Bertz CT molecular complexity index is 851. The van der Waals surface area contributed by atoms with Crippen LogP contribution in [0.2, 0.25) is 0 Å². The highest BCUT2D eigenvalue weighted by Gasteiger charge is 2.43. The van der Waals surface area contributed by atoms with Gasteiger partial charge in [-0.3, -0.25) is 9.59 Å². The van der Waals surface area contributed by atoms with Gasteiger partial charge in [0.15, 0.2) is 0 Å². The summed E-state index contributed by atoms with van der Waals surface area (Å²) < 4.78 is 0. The molecule has 0 aromatic carbocycles. The normalized spacial score (nSPS) is 21.9. The molecule has 0 spiro atoms. The Labute approximate surface area is 224 Å². The van der Waals surface area contributed by atoms with E-state index in [-0.39, 0.29) is 17.7 Å². The second kappa shape index (κ2) is 14.1. The van der Waals surface area contributed by atoms with Crippen LogP contribution in [0, 0.1) is 31.6 Å². The monoisotopic (exact) mass is 513 g/mol. The van der Waals surface area contributed by atoms with Gasteiger partial charge in [-0.25, -0.2) is 4.98 Å². The number of carbonyl (C=O) groups excluding carboxylic acids is 2. The molecule has 1 unspecified atom stereocenters. The van der Waals surface area contributed by atoms with Crippen LogP contribution < -0.4 is 16.8 Å². The van der Waals surface area contributed by atoms with Crippen molar-refractivity contribution in [2.75, 3.05) is 12.3 Å². The van der Waals surface area contributed by atoms with Crippen molar-refractivity contribution in [2.24, 2.45) is 23.5 Å². The van der Waals surface area contributed by atoms with Gasteiger partial charge in [-0.15, -0.1) is 0 Å². The first-order valence-corrected chi connectivity index (χ1v) is 14.9. The first kappa shape index (κ1) is 29.4. The highest BCUT2D eigenvalue weighted by atomic mass is 16.2. The van der Waals surface area contributed by atoms with Crippen molar-refractivity contribution in [1.82, 2.24) is 15.2 Å². The summed E-state index contributed by atoms with van der Waals surface area (Å²) in [5, 5.41) is 3.07. The highest BCUT2D eigenvalue weighted by Crippen LogP contribution is 2.42. The number of nitrogens with two attached hydrogens (primary N) is 2. The molecule has 1 aliphatic heterocycles. The molecule has 7 heteroatoms. The molecule has 3 fully saturated rings. The van der Waals surface area contributed by atoms with Crippen LogP contribution in [0.5, 0.6) is 0 Å². The summed E-state index contributed by atoms with van der Waals surface area (Å²) >= 11 is 0. The standard InChI is InChI=1S/C28H45N5O2.C2H6/c1-18-16-24(29)32-19(2)22(18)17-31-27(34)23-14-9-15-33(23)28(35)26(30)25(20-10-5-3-6-11-20)21-12-7-4-8-13-21;1-2/h16,20-21,23,25-26H,3-15,17,30H2,1-2H3,(H2,29,32)(H,31,34);1-2H3/t23-,26?;/m0./s1. The topological polar surface area (TPSA) is 114 Å². The Kier molecular flexibility index (Phi) is 11.2. The van der Waals surface area contributed by atoms with Crippen molar-refractivity contribution >= 4 is 17.6 Å². The molecule has 7 nitrogen and oxygen atoms in total. The number of amides is 2. The number of nitrogens with one attached hydrogen (secondary N) is 1. The Hall–Kier alpha value is -2.15. The number of pyridine rings is 1. The fourth-order valence-corrected chi connectivity index (χ4v) is 7.12. The third kappa shape index (κ3) is 7.24. The molecular formula is C30H51N5O2. The van der Waals surface area contributed by atoms with E-state index >= 15 is 0 Å². The summed E-state index contributed by atoms with van der Waals surface area (Å²) in [6, 6.07) is 0.893. The van der Waals surface area contributed by atoms with E-state index in [1.54, 1.807) is 4.90 Å². The van der Waals surface area contributed by atoms with Crippen LogP contribution in [0.25, 0.3) is 0 Å². The van der Waals surface area contributed by atoms with E-state index in [4.69, 9.17) is 11.5 Å². The van der Waals surface area contributed by atoms with Gasteiger partial charge in [0.1, 0.15) is 11.9 Å². The number of carbonyl (C=O) groups is 2. The minimum atomic E-state index is -0.500. The van der Waals surface area contributed by atoms with Crippen LogP contribution in [0.4, 0.5) is 5.82 Å². The maximum atomic E-state index is 13.8. The fourth-order valence-electron chi connectivity index (χ4n) is 7.12. The predicted molar refractivity (Wildman–Crippen MR) is 151 cm³/mol. The lowest BCUT2D eigenvalue weighted by atomic mass is 9.66. The quantitative estimate of drug-likeness (QED) is 0.474. The summed E-state index contributed by atoms with van der Waals surface area (Å²) in [5.41, 5.74) is 15.5. The number of hydrogen-bond acceptors (Lipinski definition) is 5. The largest absolute Gasteiger partial charge is 0.384 e. The van der Waals surface area contributed by atoms with E-state index in [1.807, 2.05) is 33.8 Å². The second-order valence-electron chi connectivity index (χ2n) is 11.2. The van der Waals surface area contributed by atoms with Crippen molar-refractivity contribution in [2.45, 2.75) is 123 Å². The Morgan fingerprint density at radius 1 is 0.973 bits per heavy atom. The minimum absolute atomic E-state index is 0.00897. The van der Waals surface area contributed by atoms with E-state index in [0.717, 1.165) is 23.2 Å². The lowest BCUT2D eigenvalue weighted by molar-refractivity contribution is -0.141. The van der Waals surface area contributed by atoms with Gasteiger partial charge in [0.25, 0.3) is 0 Å². The lowest BCUT2D eigenvalue weighted by Gasteiger charge is -2.42. The molecule has 208 valence electrons. The molecule has 2 saturated carbocycles. The molecule has 3 aliphatic rings. The minimum Gasteiger partial charge on any atom is -0.384 e. The molecule has 4 rings (SSSR count). The molecule has 2 amide bonds. The summed E-state index contributed by atoms with van der Waals surface area (Å²) in [7, 11) is 0. The zero-order chi connectivity index (χ0) is 26.9. The summed E-state index contributed by atoms with van der Waals surface area (Å²) in [6.45, 7) is 8.90. The van der Waals surface area contributed by atoms with Crippen LogP contribution in [-0.2, 0) is 16.1 Å². The molecule has 0 bridgehead atoms. The molecule has 5 N–H and O–H groups in total. The lowest BCUT2D eigenvalue weighted by Crippen LogP contribution is -2.55. The number of rotatable bonds is 7. The average Bonchev–Trinajstić information content (AvgIpc) is 3.40. The molecule has 1 saturated heterocycles. The maximum absolute atomic E-state index is 13.8. The Balaban J connectivity index is 0.00000186. The number of nitrogen functional groups attached to an aromatic ring is 1. The first-order valence-electron chi connectivity index (χ1n) is 14.9. The summed E-state index contributed by atoms with van der Waals surface area (Å²) in [5.74, 6) is 1.73. The van der Waals surface area contributed by atoms with Crippen molar-refractivity contribution in [3.05, 3.63) is 22.9 Å². The summed E-state index contributed by atoms with van der Waals surface area (Å²) in [6.07, 6.45) is 13.9. The van der Waals surface area contributed by atoms with Crippen LogP contribution in [0.3, 0.4) is 0 Å². The van der Waals surface area contributed by atoms with E-state index in [1.165, 1.54) is 64.2 Å². The highest BCUT2D eigenvalue weighted by molar-refractivity contribution is 5.90. The van der Waals surface area contributed by atoms with Gasteiger partial charge in [-0.2, -0.15) is 0 Å². The van der Waals surface area contributed by atoms with Crippen LogP contribution in [0.15, 0.2) is 6.07 Å². The number of aromatic nitrogens is 1. The molecule has 0 radical (unpaired) electrons. The first-order chi connectivity index (χ1) is 17.9. The average molecular weight is 514 g/mol. The zero-order valence-electron chi connectivity index (χ0n) is 23.7. The van der Waals surface area contributed by atoms with Crippen molar-refractivity contribution < 1.29 is 9.59 Å². The van der Waals surface area contributed by atoms with Gasteiger partial charge in [0, 0.05) is 18.8 Å². The number of hydrogen-bond donors (Lipinski definition) is 3. The Morgan fingerprint density at radius 3 is 2.08 bits per heavy atom. The van der Waals surface area contributed by atoms with Crippen LogP contribution in [0.1, 0.15) is 108 Å². The molecule has 1 aromatic rings. The van der Waals surface area contributed by atoms with Crippen LogP contribution in [-0.4, -0.2) is 40.3 Å². The fraction of sp³-hybridized carbons (Fsp3) is 0.767. The second-order valence-corrected chi connectivity index (χ2v) is 11.2. The van der Waals surface area contributed by atoms with Crippen molar-refractivity contribution in [3.8, 4) is 0 Å². The van der Waals surface area contributed by atoms with Crippen LogP contribution >= 0.6 is 0 Å². The van der Waals surface area contributed by atoms with E-state index < -0.39 is 12.1 Å². The number of likely N-dealkylation sites (tertiary alicyclic amines) is 1. The molecular weight excluding hydrogens is 462 g/mol. The third-order valence-electron chi connectivity index (χ3n) is 8.94. The predicted octanol–water partition coefficient (Wildman–Crippen LogP) is 5.02. The number of aryl methyl sites for hydroxylation is 2. The molecule has 2 heterocycles. The van der Waals surface area contributed by atoms with E-state index in [0.29, 0.717) is 37.2 Å². The van der Waals surface area contributed by atoms with Gasteiger partial charge in [-0.1, -0.05) is 78.1 Å². The molecule has 2 aliphatic carbocycles. The molecule has 2 atom stereocenters. The third-order valence-corrected chi connectivity index (χ3v) is 8.94. The number of nitrogens with zero attached hydrogens (tertiary/aromatic N) is 2. The molecule has 37 heavy (non-hydrogen) atoms. The van der Waals surface area contributed by atoms with Crippen molar-refractivity contribution in [3.63, 3.8) is 0 Å². The molecule has 1 aromatic heterocycles. The van der Waals surface area contributed by atoms with E-state index in [9.17, 15) is 9.59 Å². The van der Waals surface area contributed by atoms with Crippen molar-refractivity contribution in [1.29, 1.82) is 0 Å². The van der Waals surface area contributed by atoms with Gasteiger partial charge in [0.05, 0.1) is 6.04 Å². The van der Waals surface area contributed by atoms with Gasteiger partial charge in [-0.05, 0) is 61.6 Å². The zero-order valence-corrected chi connectivity index (χ0v) is 23.7. The van der Waals surface area contributed by atoms with E-state index in [2.05, 4.69) is 10.3 Å². The van der Waals surface area contributed by atoms with Gasteiger partial charge in [0.2, 0.25) is 11.8 Å². The smallest absolute Gasteiger partial charge is 0.243 e. The SMILES string of the molecule is CC.Cc1cc(N)nc(C)c1CNC(=O)[C@@H]1CCCN1C(=O)C(N)C(C1CCCCC1)C1CCCCC1.